The van der Waals surface area contributed by atoms with Crippen molar-refractivity contribution in [2.75, 3.05) is 0 Å². The third kappa shape index (κ3) is 2.68. The Kier molecular flexibility index (Phi) is 3.43. The van der Waals surface area contributed by atoms with Crippen LogP contribution in [0.2, 0.25) is 5.15 Å². The molecule has 0 aliphatic heterocycles. The lowest BCUT2D eigenvalue weighted by Gasteiger charge is -2.11. The highest BCUT2D eigenvalue weighted by Crippen LogP contribution is 2.22. The molecule has 5 heteroatoms. The molecule has 3 N–H and O–H groups in total. The topological polar surface area (TPSA) is 76.2 Å². The van der Waals surface area contributed by atoms with Crippen molar-refractivity contribution in [3.8, 4) is 0 Å². The van der Waals surface area contributed by atoms with Gasteiger partial charge in [-0.25, -0.2) is 4.98 Å². The summed E-state index contributed by atoms with van der Waals surface area (Å²) in [5.74, 6) is -0.949. The van der Waals surface area contributed by atoms with Crippen LogP contribution in [0.3, 0.4) is 0 Å². The second-order valence-corrected chi connectivity index (χ2v) is 3.46. The average molecular weight is 215 g/mol. The van der Waals surface area contributed by atoms with E-state index >= 15 is 0 Å². The SMILES string of the molecule is Cc1cnc(Cl)c([C@@H](N)CC(=O)O)c1. The quantitative estimate of drug-likeness (QED) is 0.748. The molecule has 4 nitrogen and oxygen atoms in total. The molecular formula is C9H11ClN2O2. The smallest absolute Gasteiger partial charge is 0.305 e. The number of aromatic nitrogens is 1. The monoisotopic (exact) mass is 214 g/mol. The fourth-order valence-corrected chi connectivity index (χ4v) is 1.38. The molecule has 1 heterocycles. The highest BCUT2D eigenvalue weighted by atomic mass is 35.5. The zero-order chi connectivity index (χ0) is 10.7. The predicted molar refractivity (Wildman–Crippen MR) is 53.2 cm³/mol. The Labute approximate surface area is 86.7 Å². The second-order valence-electron chi connectivity index (χ2n) is 3.10. The normalized spacial score (nSPS) is 12.5. The average Bonchev–Trinajstić information content (AvgIpc) is 2.08. The minimum Gasteiger partial charge on any atom is -0.481 e. The Balaban J connectivity index is 2.93. The Morgan fingerprint density at radius 2 is 2.43 bits per heavy atom. The number of pyridine rings is 1. The molecule has 0 radical (unpaired) electrons. The van der Waals surface area contributed by atoms with Crippen molar-refractivity contribution in [2.24, 2.45) is 5.73 Å². The van der Waals surface area contributed by atoms with E-state index in [9.17, 15) is 4.79 Å². The lowest BCUT2D eigenvalue weighted by atomic mass is 10.1. The number of nitrogens with zero attached hydrogens (tertiary/aromatic N) is 1. The molecule has 1 atom stereocenters. The van der Waals surface area contributed by atoms with Gasteiger partial charge in [-0.15, -0.1) is 0 Å². The van der Waals surface area contributed by atoms with Gasteiger partial charge in [0.1, 0.15) is 5.15 Å². The van der Waals surface area contributed by atoms with E-state index in [1.807, 2.05) is 6.92 Å². The number of nitrogens with two attached hydrogens (primary N) is 1. The molecular weight excluding hydrogens is 204 g/mol. The molecule has 76 valence electrons. The van der Waals surface area contributed by atoms with E-state index in [4.69, 9.17) is 22.4 Å². The molecule has 0 unspecified atom stereocenters. The molecule has 0 bridgehead atoms. The third-order valence-electron chi connectivity index (χ3n) is 1.80. The first kappa shape index (κ1) is 10.9. The van der Waals surface area contributed by atoms with Crippen LogP contribution in [-0.2, 0) is 4.79 Å². The van der Waals surface area contributed by atoms with Gasteiger partial charge in [0.2, 0.25) is 0 Å². The van der Waals surface area contributed by atoms with Crippen molar-refractivity contribution >= 4 is 17.6 Å². The van der Waals surface area contributed by atoms with Crippen molar-refractivity contribution in [1.29, 1.82) is 0 Å². The molecule has 0 aromatic carbocycles. The van der Waals surface area contributed by atoms with Crippen LogP contribution in [0.25, 0.3) is 0 Å². The summed E-state index contributed by atoms with van der Waals surface area (Å²) in [4.78, 5) is 14.3. The number of hydrogen-bond donors (Lipinski definition) is 2. The van der Waals surface area contributed by atoms with Crippen LogP contribution in [-0.4, -0.2) is 16.1 Å². The summed E-state index contributed by atoms with van der Waals surface area (Å²) in [6, 6.07) is 1.15. The summed E-state index contributed by atoms with van der Waals surface area (Å²) in [6.07, 6.45) is 1.46. The second kappa shape index (κ2) is 4.39. The highest BCUT2D eigenvalue weighted by molar-refractivity contribution is 6.30. The predicted octanol–water partition coefficient (Wildman–Crippen LogP) is 1.52. The number of carboxylic acid groups (broad SMARTS) is 1. The van der Waals surface area contributed by atoms with Crippen LogP contribution in [0.4, 0.5) is 0 Å². The van der Waals surface area contributed by atoms with Crippen molar-refractivity contribution in [2.45, 2.75) is 19.4 Å². The lowest BCUT2D eigenvalue weighted by molar-refractivity contribution is -0.137. The molecule has 0 saturated carbocycles. The Hall–Kier alpha value is -1.13. The third-order valence-corrected chi connectivity index (χ3v) is 2.11. The van der Waals surface area contributed by atoms with Crippen molar-refractivity contribution in [3.63, 3.8) is 0 Å². The minimum absolute atomic E-state index is 0.148. The molecule has 1 aromatic heterocycles. The largest absolute Gasteiger partial charge is 0.481 e. The standard InChI is InChI=1S/C9H11ClN2O2/c1-5-2-6(9(10)12-4-5)7(11)3-8(13)14/h2,4,7H,3,11H2,1H3,(H,13,14)/t7-/m0/s1. The molecule has 0 saturated heterocycles. The van der Waals surface area contributed by atoms with E-state index in [0.29, 0.717) is 5.56 Å². The molecule has 1 rings (SSSR count). The molecule has 0 aliphatic rings. The Morgan fingerprint density at radius 3 is 3.00 bits per heavy atom. The van der Waals surface area contributed by atoms with Gasteiger partial charge in [0.25, 0.3) is 0 Å². The molecule has 14 heavy (non-hydrogen) atoms. The van der Waals surface area contributed by atoms with Crippen LogP contribution in [0, 0.1) is 6.92 Å². The molecule has 0 fully saturated rings. The summed E-state index contributed by atoms with van der Waals surface area (Å²) in [5, 5.41) is 8.83. The zero-order valence-electron chi connectivity index (χ0n) is 7.70. The van der Waals surface area contributed by atoms with Gasteiger partial charge in [0.15, 0.2) is 0 Å². The minimum atomic E-state index is -0.949. The Bertz CT molecular complexity index is 355. The fraction of sp³-hybridized carbons (Fsp3) is 0.333. The number of aryl methyl sites for hydroxylation is 1. The van der Waals surface area contributed by atoms with Crippen LogP contribution in [0.5, 0.6) is 0 Å². The van der Waals surface area contributed by atoms with Gasteiger partial charge in [0, 0.05) is 17.8 Å². The van der Waals surface area contributed by atoms with Crippen LogP contribution >= 0.6 is 11.6 Å². The zero-order valence-corrected chi connectivity index (χ0v) is 8.45. The van der Waals surface area contributed by atoms with Gasteiger partial charge < -0.3 is 10.8 Å². The van der Waals surface area contributed by atoms with Crippen LogP contribution in [0.15, 0.2) is 12.3 Å². The number of hydrogen-bond acceptors (Lipinski definition) is 3. The number of halogens is 1. The molecule has 0 spiro atoms. The van der Waals surface area contributed by atoms with E-state index < -0.39 is 12.0 Å². The molecule has 0 aliphatic carbocycles. The van der Waals surface area contributed by atoms with Gasteiger partial charge in [-0.05, 0) is 18.6 Å². The summed E-state index contributed by atoms with van der Waals surface area (Å²) >= 11 is 5.79. The lowest BCUT2D eigenvalue weighted by Crippen LogP contribution is -2.16. The number of carboxylic acids is 1. The molecule has 1 aromatic rings. The van der Waals surface area contributed by atoms with E-state index in [1.165, 1.54) is 0 Å². The van der Waals surface area contributed by atoms with Gasteiger partial charge in [-0.3, -0.25) is 4.79 Å². The van der Waals surface area contributed by atoms with E-state index in [1.54, 1.807) is 12.3 Å². The van der Waals surface area contributed by atoms with E-state index in [-0.39, 0.29) is 11.6 Å². The van der Waals surface area contributed by atoms with Crippen molar-refractivity contribution < 1.29 is 9.90 Å². The maximum atomic E-state index is 10.4. The number of aliphatic carboxylic acids is 1. The van der Waals surface area contributed by atoms with Gasteiger partial charge >= 0.3 is 5.97 Å². The first-order chi connectivity index (χ1) is 6.50. The van der Waals surface area contributed by atoms with Crippen molar-refractivity contribution in [1.82, 2.24) is 4.98 Å². The van der Waals surface area contributed by atoms with Crippen LogP contribution in [0.1, 0.15) is 23.6 Å². The van der Waals surface area contributed by atoms with Gasteiger partial charge in [0.05, 0.1) is 6.42 Å². The highest BCUT2D eigenvalue weighted by Gasteiger charge is 2.14. The maximum absolute atomic E-state index is 10.4. The summed E-state index contributed by atoms with van der Waals surface area (Å²) in [5.41, 5.74) is 7.15. The van der Waals surface area contributed by atoms with E-state index in [2.05, 4.69) is 4.98 Å². The van der Waals surface area contributed by atoms with E-state index in [0.717, 1.165) is 5.56 Å². The first-order valence-electron chi connectivity index (χ1n) is 4.10. The molecule has 0 amide bonds. The fourth-order valence-electron chi connectivity index (χ4n) is 1.13. The number of rotatable bonds is 3. The summed E-state index contributed by atoms with van der Waals surface area (Å²) < 4.78 is 0. The summed E-state index contributed by atoms with van der Waals surface area (Å²) in [6.45, 7) is 1.85. The number of carbonyl (C=O) groups is 1. The van der Waals surface area contributed by atoms with Crippen LogP contribution < -0.4 is 5.73 Å². The van der Waals surface area contributed by atoms with Gasteiger partial charge in [-0.1, -0.05) is 11.6 Å². The summed E-state index contributed by atoms with van der Waals surface area (Å²) in [7, 11) is 0. The first-order valence-corrected chi connectivity index (χ1v) is 4.48. The van der Waals surface area contributed by atoms with Gasteiger partial charge in [-0.2, -0.15) is 0 Å². The van der Waals surface area contributed by atoms with Crippen molar-refractivity contribution in [3.05, 3.63) is 28.5 Å². The maximum Gasteiger partial charge on any atom is 0.305 e. The Morgan fingerprint density at radius 1 is 1.79 bits per heavy atom.